The summed E-state index contributed by atoms with van der Waals surface area (Å²) >= 11 is 13.8. The lowest BCUT2D eigenvalue weighted by atomic mass is 10.2. The molecule has 1 heterocycles. The molecule has 3 aromatic rings. The van der Waals surface area contributed by atoms with Gasteiger partial charge in [-0.15, -0.1) is 5.10 Å². The van der Waals surface area contributed by atoms with Crippen LogP contribution in [0.15, 0.2) is 52.9 Å². The Kier molecular flexibility index (Phi) is 6.42. The van der Waals surface area contributed by atoms with Gasteiger partial charge in [0.25, 0.3) is 0 Å². The van der Waals surface area contributed by atoms with E-state index in [1.165, 1.54) is 35.2 Å². The van der Waals surface area contributed by atoms with Crippen LogP contribution in [0.4, 0.5) is 4.39 Å². The Morgan fingerprint density at radius 2 is 1.92 bits per heavy atom. The highest BCUT2D eigenvalue weighted by molar-refractivity contribution is 8.01. The fourth-order valence-corrected chi connectivity index (χ4v) is 4.36. The number of thioether (sulfide) groups is 1. The second kappa shape index (κ2) is 8.77. The first-order valence-electron chi connectivity index (χ1n) is 7.51. The second-order valence-corrected chi connectivity index (χ2v) is 8.50. The van der Waals surface area contributed by atoms with Gasteiger partial charge in [0.2, 0.25) is 5.91 Å². The minimum absolute atomic E-state index is 0.0978. The first kappa shape index (κ1) is 19.0. The molecule has 1 N–H and O–H groups in total. The summed E-state index contributed by atoms with van der Waals surface area (Å²) in [7, 11) is 0. The first-order valence-corrected chi connectivity index (χ1v) is 10.1. The Morgan fingerprint density at radius 1 is 1.23 bits per heavy atom. The minimum Gasteiger partial charge on any atom is -0.351 e. The summed E-state index contributed by atoms with van der Waals surface area (Å²) in [6.07, 6.45) is 0. The maximum absolute atomic E-state index is 13.0. The van der Waals surface area contributed by atoms with Crippen molar-refractivity contribution in [2.75, 3.05) is 5.75 Å². The van der Waals surface area contributed by atoms with Gasteiger partial charge >= 0.3 is 0 Å². The molecule has 0 fully saturated rings. The molecule has 0 atom stereocenters. The van der Waals surface area contributed by atoms with Gasteiger partial charge in [-0.3, -0.25) is 4.79 Å². The van der Waals surface area contributed by atoms with Crippen LogP contribution in [0.25, 0.3) is 5.69 Å². The van der Waals surface area contributed by atoms with Crippen LogP contribution >= 0.6 is 46.9 Å². The van der Waals surface area contributed by atoms with E-state index in [1.54, 1.807) is 28.9 Å². The zero-order valence-electron chi connectivity index (χ0n) is 13.3. The van der Waals surface area contributed by atoms with Gasteiger partial charge in [-0.05, 0) is 54.2 Å². The number of nitrogens with zero attached hydrogens (tertiary/aromatic N) is 2. The molecule has 2 aromatic carbocycles. The molecule has 0 aliphatic carbocycles. The Bertz CT molecular complexity index is 955. The van der Waals surface area contributed by atoms with Gasteiger partial charge in [-0.25, -0.2) is 9.07 Å². The van der Waals surface area contributed by atoms with Gasteiger partial charge in [0.05, 0.1) is 11.4 Å². The maximum atomic E-state index is 13.0. The number of hydrogen-bond acceptors (Lipinski definition) is 5. The summed E-state index contributed by atoms with van der Waals surface area (Å²) in [5.74, 6) is -0.180. The van der Waals surface area contributed by atoms with Crippen molar-refractivity contribution < 1.29 is 9.18 Å². The molecule has 9 heteroatoms. The summed E-state index contributed by atoms with van der Waals surface area (Å²) in [6.45, 7) is 0.441. The van der Waals surface area contributed by atoms with Gasteiger partial charge in [0.1, 0.15) is 5.82 Å². The largest absolute Gasteiger partial charge is 0.351 e. The van der Waals surface area contributed by atoms with Crippen molar-refractivity contribution in [1.29, 1.82) is 0 Å². The molecule has 3 rings (SSSR count). The third kappa shape index (κ3) is 5.14. The van der Waals surface area contributed by atoms with Gasteiger partial charge < -0.3 is 5.32 Å². The highest BCUT2D eigenvalue weighted by Gasteiger charge is 2.09. The van der Waals surface area contributed by atoms with Gasteiger partial charge in [0, 0.05) is 11.6 Å². The van der Waals surface area contributed by atoms with E-state index in [2.05, 4.69) is 10.4 Å². The number of hydrogen-bond donors (Lipinski definition) is 1. The highest BCUT2D eigenvalue weighted by atomic mass is 35.5. The minimum atomic E-state index is -0.317. The summed E-state index contributed by atoms with van der Waals surface area (Å²) in [5.41, 5.74) is 1.66. The van der Waals surface area contributed by atoms with Crippen molar-refractivity contribution in [3.05, 3.63) is 68.9 Å². The lowest BCUT2D eigenvalue weighted by Gasteiger charge is -2.04. The van der Waals surface area contributed by atoms with E-state index in [0.29, 0.717) is 25.5 Å². The fourth-order valence-electron chi connectivity index (χ4n) is 2.05. The van der Waals surface area contributed by atoms with Crippen molar-refractivity contribution in [3.8, 4) is 5.69 Å². The number of halogens is 2. The van der Waals surface area contributed by atoms with E-state index in [-0.39, 0.29) is 17.5 Å². The predicted octanol–water partition coefficient (Wildman–Crippen LogP) is 4.86. The third-order valence-corrected chi connectivity index (χ3v) is 5.95. The molecule has 0 spiro atoms. The average molecular weight is 426 g/mol. The Morgan fingerprint density at radius 3 is 2.62 bits per heavy atom. The molecule has 0 aliphatic rings. The number of rotatable bonds is 6. The van der Waals surface area contributed by atoms with E-state index in [4.69, 9.17) is 23.8 Å². The molecular weight excluding hydrogens is 413 g/mol. The van der Waals surface area contributed by atoms with E-state index < -0.39 is 0 Å². The highest BCUT2D eigenvalue weighted by Crippen LogP contribution is 2.24. The van der Waals surface area contributed by atoms with E-state index >= 15 is 0 Å². The smallest absolute Gasteiger partial charge is 0.230 e. The molecule has 1 amide bonds. The van der Waals surface area contributed by atoms with Crippen LogP contribution < -0.4 is 5.32 Å². The Hall–Kier alpha value is -1.74. The molecular formula is C17H13ClFN3OS3. The SMILES string of the molecule is O=C(CSc1nn(-c2ccc(F)cc2)c(=S)s1)NCc1ccc(Cl)cc1. The van der Waals surface area contributed by atoms with E-state index in [1.807, 2.05) is 12.1 Å². The fraction of sp³-hybridized carbons (Fsp3) is 0.118. The van der Waals surface area contributed by atoms with Crippen LogP contribution in [0.3, 0.4) is 0 Å². The molecule has 0 radical (unpaired) electrons. The maximum Gasteiger partial charge on any atom is 0.230 e. The van der Waals surface area contributed by atoms with E-state index in [0.717, 1.165) is 5.56 Å². The number of carbonyl (C=O) groups excluding carboxylic acids is 1. The lowest BCUT2D eigenvalue weighted by Crippen LogP contribution is -2.24. The van der Waals surface area contributed by atoms with Gasteiger partial charge in [-0.2, -0.15) is 0 Å². The summed E-state index contributed by atoms with van der Waals surface area (Å²) in [4.78, 5) is 12.0. The molecule has 134 valence electrons. The monoisotopic (exact) mass is 425 g/mol. The number of nitrogens with one attached hydrogen (secondary N) is 1. The normalized spacial score (nSPS) is 10.7. The average Bonchev–Trinajstić information content (AvgIpc) is 3.01. The van der Waals surface area contributed by atoms with Crippen molar-refractivity contribution in [2.24, 2.45) is 0 Å². The quantitative estimate of drug-likeness (QED) is 0.452. The lowest BCUT2D eigenvalue weighted by molar-refractivity contribution is -0.118. The van der Waals surface area contributed by atoms with Gasteiger partial charge in [0.15, 0.2) is 8.29 Å². The first-order chi connectivity index (χ1) is 12.5. The van der Waals surface area contributed by atoms with Crippen LogP contribution in [0.2, 0.25) is 5.02 Å². The second-order valence-electron chi connectivity index (χ2n) is 5.21. The Labute approximate surface area is 168 Å². The number of benzene rings is 2. The molecule has 26 heavy (non-hydrogen) atoms. The van der Waals surface area contributed by atoms with Crippen molar-refractivity contribution in [3.63, 3.8) is 0 Å². The zero-order chi connectivity index (χ0) is 18.5. The number of carbonyl (C=O) groups is 1. The predicted molar refractivity (Wildman–Crippen MR) is 106 cm³/mol. The van der Waals surface area contributed by atoms with Crippen LogP contribution in [0.1, 0.15) is 5.56 Å². The van der Waals surface area contributed by atoms with Crippen molar-refractivity contribution >= 4 is 52.8 Å². The van der Waals surface area contributed by atoms with Crippen LogP contribution in [-0.4, -0.2) is 21.4 Å². The molecule has 0 saturated carbocycles. The molecule has 1 aromatic heterocycles. The van der Waals surface area contributed by atoms with Crippen LogP contribution in [0, 0.1) is 9.77 Å². The van der Waals surface area contributed by atoms with Crippen molar-refractivity contribution in [2.45, 2.75) is 10.9 Å². The van der Waals surface area contributed by atoms with Crippen molar-refractivity contribution in [1.82, 2.24) is 15.1 Å². The third-order valence-electron chi connectivity index (χ3n) is 3.33. The summed E-state index contributed by atoms with van der Waals surface area (Å²) < 4.78 is 15.8. The number of amides is 1. The van der Waals surface area contributed by atoms with Crippen LogP contribution in [-0.2, 0) is 11.3 Å². The molecule has 0 aliphatic heterocycles. The van der Waals surface area contributed by atoms with E-state index in [9.17, 15) is 9.18 Å². The standard InChI is InChI=1S/C17H13ClFN3OS3/c18-12-3-1-11(2-4-12)9-20-15(23)10-25-16-21-22(17(24)26-16)14-7-5-13(19)6-8-14/h1-8H,9-10H2,(H,20,23). The molecule has 0 unspecified atom stereocenters. The number of aromatic nitrogens is 2. The van der Waals surface area contributed by atoms with Crippen LogP contribution in [0.5, 0.6) is 0 Å². The molecule has 4 nitrogen and oxygen atoms in total. The topological polar surface area (TPSA) is 46.9 Å². The summed E-state index contributed by atoms with van der Waals surface area (Å²) in [6, 6.07) is 13.2. The molecule has 0 bridgehead atoms. The zero-order valence-corrected chi connectivity index (χ0v) is 16.5. The van der Waals surface area contributed by atoms with Gasteiger partial charge in [-0.1, -0.05) is 46.8 Å². The summed E-state index contributed by atoms with van der Waals surface area (Å²) in [5, 5.41) is 7.89. The molecule has 0 saturated heterocycles. The Balaban J connectivity index is 1.55.